The van der Waals surface area contributed by atoms with E-state index in [9.17, 15) is 8.78 Å². The topological polar surface area (TPSA) is 15.3 Å². The Morgan fingerprint density at radius 3 is 2.57 bits per heavy atom. The van der Waals surface area contributed by atoms with E-state index < -0.39 is 11.6 Å². The summed E-state index contributed by atoms with van der Waals surface area (Å²) in [6, 6.07) is 3.41. The maximum atomic E-state index is 14.4. The van der Waals surface area contributed by atoms with Crippen molar-refractivity contribution in [3.8, 4) is 0 Å². The van der Waals surface area contributed by atoms with Crippen LogP contribution in [-0.4, -0.2) is 31.1 Å². The Morgan fingerprint density at radius 2 is 1.91 bits per heavy atom. The van der Waals surface area contributed by atoms with E-state index in [-0.39, 0.29) is 18.4 Å². The number of nitrogens with one attached hydrogen (secondary N) is 1. The number of aryl methyl sites for hydroxylation is 1. The van der Waals surface area contributed by atoms with Gasteiger partial charge in [-0.15, -0.1) is 19.0 Å². The molecule has 0 unspecified atom stereocenters. The summed E-state index contributed by atoms with van der Waals surface area (Å²) in [6.07, 6.45) is 5.77. The molecule has 0 saturated carbocycles. The van der Waals surface area contributed by atoms with Crippen LogP contribution in [0.5, 0.6) is 0 Å². The molecule has 1 heterocycles. The first kappa shape index (κ1) is 20.1. The van der Waals surface area contributed by atoms with Gasteiger partial charge in [-0.05, 0) is 31.7 Å². The first-order valence-corrected chi connectivity index (χ1v) is 8.15. The lowest BCUT2D eigenvalue weighted by atomic mass is 9.96. The molecule has 1 N–H and O–H groups in total. The summed E-state index contributed by atoms with van der Waals surface area (Å²) < 4.78 is 28.4. The van der Waals surface area contributed by atoms with Gasteiger partial charge in [0, 0.05) is 37.8 Å². The van der Waals surface area contributed by atoms with Crippen LogP contribution in [0.2, 0.25) is 0 Å². The lowest BCUT2D eigenvalue weighted by Gasteiger charge is -2.35. The van der Waals surface area contributed by atoms with E-state index >= 15 is 0 Å². The van der Waals surface area contributed by atoms with E-state index in [4.69, 9.17) is 0 Å². The molecular weight excluding hydrogens is 318 g/mol. The highest BCUT2D eigenvalue weighted by Crippen LogP contribution is 2.31. The second-order valence-electron chi connectivity index (χ2n) is 5.97. The van der Waals surface area contributed by atoms with Crippen LogP contribution in [0.1, 0.15) is 42.9 Å². The molecule has 0 aromatic heterocycles. The molecule has 23 heavy (non-hydrogen) atoms. The Morgan fingerprint density at radius 1 is 1.22 bits per heavy atom. The van der Waals surface area contributed by atoms with E-state index in [0.717, 1.165) is 51.9 Å². The van der Waals surface area contributed by atoms with Crippen molar-refractivity contribution < 1.29 is 8.78 Å². The molecule has 1 atom stereocenters. The molecule has 2 nitrogen and oxygen atoms in total. The first-order chi connectivity index (χ1) is 10.6. The fourth-order valence-corrected chi connectivity index (χ4v) is 3.07. The smallest absolute Gasteiger partial charge is 0.163 e. The molecule has 0 aliphatic carbocycles. The highest BCUT2D eigenvalue weighted by atomic mass is 35.5. The molecule has 1 aliphatic heterocycles. The van der Waals surface area contributed by atoms with Gasteiger partial charge in [0.1, 0.15) is 0 Å². The Hall–Kier alpha value is -0.970. The van der Waals surface area contributed by atoms with Crippen molar-refractivity contribution in [1.82, 2.24) is 10.2 Å². The minimum Gasteiger partial charge on any atom is -0.314 e. The van der Waals surface area contributed by atoms with Crippen molar-refractivity contribution >= 4 is 12.4 Å². The monoisotopic (exact) mass is 344 g/mol. The second-order valence-corrected chi connectivity index (χ2v) is 5.97. The Kier molecular flexibility index (Phi) is 8.74. The largest absolute Gasteiger partial charge is 0.314 e. The predicted octanol–water partition coefficient (Wildman–Crippen LogP) is 4.39. The third-order valence-corrected chi connectivity index (χ3v) is 4.39. The molecule has 5 heteroatoms. The van der Waals surface area contributed by atoms with Crippen LogP contribution >= 0.6 is 12.4 Å². The van der Waals surface area contributed by atoms with E-state index in [0.29, 0.717) is 11.1 Å². The Balaban J connectivity index is 0.00000264. The van der Waals surface area contributed by atoms with Crippen molar-refractivity contribution in [3.63, 3.8) is 0 Å². The van der Waals surface area contributed by atoms with Crippen molar-refractivity contribution in [2.75, 3.05) is 26.2 Å². The van der Waals surface area contributed by atoms with Crippen molar-refractivity contribution in [2.24, 2.45) is 0 Å². The number of halogens is 3. The normalized spacial score (nSPS) is 16.7. The molecule has 130 valence electrons. The summed E-state index contributed by atoms with van der Waals surface area (Å²) in [5, 5.41) is 3.31. The molecule has 0 radical (unpaired) electrons. The average Bonchev–Trinajstić information content (AvgIpc) is 2.55. The quantitative estimate of drug-likeness (QED) is 0.583. The van der Waals surface area contributed by atoms with Crippen molar-refractivity contribution in [3.05, 3.63) is 47.5 Å². The van der Waals surface area contributed by atoms with E-state index in [1.807, 2.05) is 6.08 Å². The van der Waals surface area contributed by atoms with E-state index in [2.05, 4.69) is 16.8 Å². The number of allylic oxidation sites excluding steroid dienone is 1. The summed E-state index contributed by atoms with van der Waals surface area (Å²) in [5.74, 6) is -1.38. The van der Waals surface area contributed by atoms with Crippen LogP contribution in [-0.2, 0) is 0 Å². The van der Waals surface area contributed by atoms with Crippen molar-refractivity contribution in [2.45, 2.75) is 38.6 Å². The molecule has 0 amide bonds. The zero-order valence-corrected chi connectivity index (χ0v) is 14.6. The van der Waals surface area contributed by atoms with E-state index in [1.54, 1.807) is 19.1 Å². The number of hydrogen-bond acceptors (Lipinski definition) is 2. The molecule has 0 spiro atoms. The minimum absolute atomic E-state index is 0. The number of piperazine rings is 1. The second kappa shape index (κ2) is 10.0. The van der Waals surface area contributed by atoms with E-state index in [1.165, 1.54) is 0 Å². The van der Waals surface area contributed by atoms with Gasteiger partial charge in [0.2, 0.25) is 0 Å². The van der Waals surface area contributed by atoms with Gasteiger partial charge in [0.25, 0.3) is 0 Å². The van der Waals surface area contributed by atoms with Crippen LogP contribution in [0.3, 0.4) is 0 Å². The molecule has 0 bridgehead atoms. The highest BCUT2D eigenvalue weighted by molar-refractivity contribution is 5.85. The van der Waals surface area contributed by atoms with Crippen LogP contribution in [0.15, 0.2) is 24.8 Å². The number of unbranched alkanes of at least 4 members (excludes halogenated alkanes) is 2. The summed E-state index contributed by atoms with van der Waals surface area (Å²) >= 11 is 0. The van der Waals surface area contributed by atoms with Crippen LogP contribution < -0.4 is 5.32 Å². The highest BCUT2D eigenvalue weighted by Gasteiger charge is 2.26. The molecule has 1 saturated heterocycles. The number of benzene rings is 1. The molecule has 1 aliphatic rings. The number of hydrogen-bond donors (Lipinski definition) is 1. The summed E-state index contributed by atoms with van der Waals surface area (Å²) in [7, 11) is 0. The Bertz CT molecular complexity index is 502. The number of nitrogens with zero attached hydrogens (tertiary/aromatic N) is 1. The van der Waals surface area contributed by atoms with Gasteiger partial charge in [-0.3, -0.25) is 4.90 Å². The standard InChI is InChI=1S/C18H26F2N2.ClH/c1-3-4-5-6-7-16(22-12-10-21-11-13-22)15-9-8-14(2)17(19)18(15)20;/h3,8-9,16,21H,1,4-7,10-13H2,2H3;1H/t16-;/m1./s1. The van der Waals surface area contributed by atoms with Gasteiger partial charge >= 0.3 is 0 Å². The minimum atomic E-state index is -0.705. The maximum Gasteiger partial charge on any atom is 0.163 e. The number of rotatable bonds is 7. The van der Waals surface area contributed by atoms with Gasteiger partial charge in [-0.25, -0.2) is 8.78 Å². The lowest BCUT2D eigenvalue weighted by molar-refractivity contribution is 0.159. The van der Waals surface area contributed by atoms with Gasteiger partial charge in [0.05, 0.1) is 0 Å². The Labute approximate surface area is 144 Å². The van der Waals surface area contributed by atoms with Gasteiger partial charge in [-0.2, -0.15) is 0 Å². The third kappa shape index (κ3) is 5.27. The van der Waals surface area contributed by atoms with Crippen LogP contribution in [0, 0.1) is 18.6 Å². The van der Waals surface area contributed by atoms with Gasteiger partial charge in [-0.1, -0.05) is 24.6 Å². The molecule has 1 fully saturated rings. The lowest BCUT2D eigenvalue weighted by Crippen LogP contribution is -2.45. The first-order valence-electron chi connectivity index (χ1n) is 8.15. The summed E-state index contributed by atoms with van der Waals surface area (Å²) in [5.41, 5.74) is 0.871. The fourth-order valence-electron chi connectivity index (χ4n) is 3.07. The molecule has 1 aromatic rings. The van der Waals surface area contributed by atoms with Crippen molar-refractivity contribution in [1.29, 1.82) is 0 Å². The average molecular weight is 345 g/mol. The zero-order valence-electron chi connectivity index (χ0n) is 13.8. The zero-order chi connectivity index (χ0) is 15.9. The third-order valence-electron chi connectivity index (χ3n) is 4.39. The van der Waals surface area contributed by atoms with Crippen LogP contribution in [0.4, 0.5) is 8.78 Å². The van der Waals surface area contributed by atoms with Gasteiger partial charge in [0.15, 0.2) is 11.6 Å². The molecule has 1 aromatic carbocycles. The summed E-state index contributed by atoms with van der Waals surface area (Å²) in [6.45, 7) is 8.89. The molecule has 2 rings (SSSR count). The van der Waals surface area contributed by atoms with Crippen LogP contribution in [0.25, 0.3) is 0 Å². The predicted molar refractivity (Wildman–Crippen MR) is 94.2 cm³/mol. The fraction of sp³-hybridized carbons (Fsp3) is 0.556. The summed E-state index contributed by atoms with van der Waals surface area (Å²) in [4.78, 5) is 2.28. The maximum absolute atomic E-state index is 14.4. The SMILES string of the molecule is C=CCCCC[C@H](c1ccc(C)c(F)c1F)N1CCNCC1.Cl. The van der Waals surface area contributed by atoms with Gasteiger partial charge < -0.3 is 5.32 Å². The molecular formula is C18H27ClF2N2.